The zero-order valence-corrected chi connectivity index (χ0v) is 23.5. The third-order valence-corrected chi connectivity index (χ3v) is 10.1. The highest BCUT2D eigenvalue weighted by Gasteiger charge is 2.42. The van der Waals surface area contributed by atoms with Gasteiger partial charge in [0.05, 0.1) is 35.4 Å². The summed E-state index contributed by atoms with van der Waals surface area (Å²) >= 11 is 1.43. The number of morpholine rings is 1. The van der Waals surface area contributed by atoms with E-state index in [0.717, 1.165) is 60.8 Å². The van der Waals surface area contributed by atoms with Crippen molar-refractivity contribution in [1.29, 1.82) is 0 Å². The van der Waals surface area contributed by atoms with Crippen LogP contribution < -0.4 is 9.64 Å². The van der Waals surface area contributed by atoms with E-state index in [9.17, 15) is 13.2 Å². The minimum atomic E-state index is -3.81. The van der Waals surface area contributed by atoms with Crippen LogP contribution in [0.3, 0.4) is 0 Å². The number of nitrogens with zero attached hydrogens (tertiary/aromatic N) is 4. The molecule has 0 saturated carbocycles. The number of hydrogen-bond acceptors (Lipinski definition) is 8. The first-order valence-electron chi connectivity index (χ1n) is 13.0. The zero-order valence-electron chi connectivity index (χ0n) is 21.8. The molecule has 2 aromatic carbocycles. The normalized spacial score (nSPS) is 19.2. The third-order valence-electron chi connectivity index (χ3n) is 7.16. The standard InChI is InChI=1S/C27H34N4O5S2/c1-20-6-9-22(10-7-20)38(33,34)31-14-3-5-24(31)26(32)30(13-4-12-29-15-17-36-18-16-29)27-28-23-11-8-21(35-2)19-25(23)37-27/h6-11,19,24H,3-5,12-18H2,1-2H3. The van der Waals surface area contributed by atoms with E-state index >= 15 is 0 Å². The zero-order chi connectivity index (χ0) is 26.7. The number of carbonyl (C=O) groups is 1. The van der Waals surface area contributed by atoms with Crippen LogP contribution >= 0.6 is 11.3 Å². The van der Waals surface area contributed by atoms with Gasteiger partial charge >= 0.3 is 0 Å². The first-order chi connectivity index (χ1) is 18.4. The fraction of sp³-hybridized carbons (Fsp3) is 0.481. The number of benzene rings is 2. The largest absolute Gasteiger partial charge is 0.497 e. The Morgan fingerprint density at radius 2 is 1.92 bits per heavy atom. The summed E-state index contributed by atoms with van der Waals surface area (Å²) in [4.78, 5) is 23.1. The molecule has 38 heavy (non-hydrogen) atoms. The van der Waals surface area contributed by atoms with E-state index < -0.39 is 16.1 Å². The molecule has 0 spiro atoms. The highest BCUT2D eigenvalue weighted by Crippen LogP contribution is 2.34. The summed E-state index contributed by atoms with van der Waals surface area (Å²) < 4.78 is 40.2. The maximum atomic E-state index is 14.1. The molecular weight excluding hydrogens is 524 g/mol. The Labute approximate surface area is 228 Å². The number of ether oxygens (including phenoxy) is 2. The second-order valence-corrected chi connectivity index (χ2v) is 12.6. The number of sulfonamides is 1. The highest BCUT2D eigenvalue weighted by atomic mass is 32.2. The summed E-state index contributed by atoms with van der Waals surface area (Å²) in [5.41, 5.74) is 1.77. The van der Waals surface area contributed by atoms with Crippen molar-refractivity contribution < 1.29 is 22.7 Å². The Morgan fingerprint density at radius 3 is 2.66 bits per heavy atom. The average molecular weight is 559 g/mol. The van der Waals surface area contributed by atoms with Gasteiger partial charge in [0.25, 0.3) is 0 Å². The first-order valence-corrected chi connectivity index (χ1v) is 15.3. The van der Waals surface area contributed by atoms with E-state index in [1.54, 1.807) is 36.3 Å². The number of amides is 1. The molecule has 1 amide bonds. The number of methoxy groups -OCH3 is 1. The molecule has 3 heterocycles. The van der Waals surface area contributed by atoms with Gasteiger partial charge in [0.15, 0.2) is 5.13 Å². The van der Waals surface area contributed by atoms with Crippen molar-refractivity contribution in [2.45, 2.75) is 37.1 Å². The van der Waals surface area contributed by atoms with Crippen LogP contribution in [0.1, 0.15) is 24.8 Å². The summed E-state index contributed by atoms with van der Waals surface area (Å²) in [6, 6.07) is 11.7. The summed E-state index contributed by atoms with van der Waals surface area (Å²) in [6.07, 6.45) is 1.88. The van der Waals surface area contributed by atoms with Crippen molar-refractivity contribution in [2.75, 3.05) is 57.9 Å². The minimum absolute atomic E-state index is 0.216. The lowest BCUT2D eigenvalue weighted by atomic mass is 10.2. The van der Waals surface area contributed by atoms with Crippen LogP contribution in [0, 0.1) is 6.92 Å². The van der Waals surface area contributed by atoms with Gasteiger partial charge in [-0.3, -0.25) is 14.6 Å². The predicted octanol–water partition coefficient (Wildman–Crippen LogP) is 3.52. The molecule has 0 radical (unpaired) electrons. The Kier molecular flexibility index (Phi) is 8.29. The van der Waals surface area contributed by atoms with Crippen molar-refractivity contribution in [3.05, 3.63) is 48.0 Å². The molecular formula is C27H34N4O5S2. The molecule has 11 heteroatoms. The van der Waals surface area contributed by atoms with Gasteiger partial charge in [-0.2, -0.15) is 4.31 Å². The van der Waals surface area contributed by atoms with Gasteiger partial charge in [-0.25, -0.2) is 13.4 Å². The maximum absolute atomic E-state index is 14.1. The smallest absolute Gasteiger partial charge is 0.247 e. The summed E-state index contributed by atoms with van der Waals surface area (Å²) in [5.74, 6) is 0.509. The van der Waals surface area contributed by atoms with Gasteiger partial charge in [-0.05, 0) is 56.5 Å². The number of rotatable bonds is 9. The van der Waals surface area contributed by atoms with Gasteiger partial charge < -0.3 is 9.47 Å². The fourth-order valence-electron chi connectivity index (χ4n) is 5.01. The van der Waals surface area contributed by atoms with E-state index in [-0.39, 0.29) is 10.8 Å². The SMILES string of the molecule is COc1ccc2nc(N(CCCN3CCOCC3)C(=O)C3CCCN3S(=O)(=O)c3ccc(C)cc3)sc2c1. The van der Waals surface area contributed by atoms with E-state index in [1.165, 1.54) is 15.6 Å². The Morgan fingerprint density at radius 1 is 1.16 bits per heavy atom. The lowest BCUT2D eigenvalue weighted by molar-refractivity contribution is -0.121. The summed E-state index contributed by atoms with van der Waals surface area (Å²) in [5, 5.41) is 0.583. The van der Waals surface area contributed by atoms with Gasteiger partial charge in [0.2, 0.25) is 15.9 Å². The van der Waals surface area contributed by atoms with Crippen molar-refractivity contribution in [3.8, 4) is 5.75 Å². The Bertz CT molecular complexity index is 1370. The van der Waals surface area contributed by atoms with E-state index in [2.05, 4.69) is 4.90 Å². The number of carbonyl (C=O) groups excluding carboxylic acids is 1. The van der Waals surface area contributed by atoms with E-state index in [0.29, 0.717) is 31.1 Å². The second-order valence-electron chi connectivity index (χ2n) is 9.71. The van der Waals surface area contributed by atoms with E-state index in [1.807, 2.05) is 25.1 Å². The fourth-order valence-corrected chi connectivity index (χ4v) is 7.69. The van der Waals surface area contributed by atoms with Crippen LogP contribution in [0.2, 0.25) is 0 Å². The molecule has 5 rings (SSSR count). The molecule has 1 atom stereocenters. The van der Waals surface area contributed by atoms with Crippen LogP contribution in [-0.4, -0.2) is 87.6 Å². The third kappa shape index (κ3) is 5.72. The molecule has 2 fully saturated rings. The average Bonchev–Trinajstić information content (AvgIpc) is 3.59. The number of anilines is 1. The van der Waals surface area contributed by atoms with Gasteiger partial charge in [-0.15, -0.1) is 0 Å². The lowest BCUT2D eigenvalue weighted by Gasteiger charge is -2.30. The lowest BCUT2D eigenvalue weighted by Crippen LogP contribution is -2.48. The maximum Gasteiger partial charge on any atom is 0.247 e. The van der Waals surface area contributed by atoms with Crippen molar-refractivity contribution in [3.63, 3.8) is 0 Å². The molecule has 204 valence electrons. The van der Waals surface area contributed by atoms with Crippen LogP contribution in [0.15, 0.2) is 47.4 Å². The number of fused-ring (bicyclic) bond motifs is 1. The minimum Gasteiger partial charge on any atom is -0.497 e. The number of hydrogen-bond donors (Lipinski definition) is 0. The monoisotopic (exact) mass is 558 g/mol. The first kappa shape index (κ1) is 27.0. The number of thiazole rings is 1. The predicted molar refractivity (Wildman–Crippen MR) is 148 cm³/mol. The molecule has 3 aromatic rings. The van der Waals surface area contributed by atoms with Crippen LogP contribution in [0.5, 0.6) is 5.75 Å². The Hall–Kier alpha value is -2.57. The van der Waals surface area contributed by atoms with Gasteiger partial charge in [0.1, 0.15) is 11.8 Å². The highest BCUT2D eigenvalue weighted by molar-refractivity contribution is 7.89. The van der Waals surface area contributed by atoms with Crippen molar-refractivity contribution in [1.82, 2.24) is 14.2 Å². The molecule has 2 saturated heterocycles. The summed E-state index contributed by atoms with van der Waals surface area (Å²) in [7, 11) is -2.19. The van der Waals surface area contributed by atoms with Crippen LogP contribution in [0.25, 0.3) is 10.2 Å². The summed E-state index contributed by atoms with van der Waals surface area (Å²) in [6.45, 7) is 6.73. The molecule has 0 aliphatic carbocycles. The molecule has 1 unspecified atom stereocenters. The van der Waals surface area contributed by atoms with E-state index in [4.69, 9.17) is 14.5 Å². The molecule has 9 nitrogen and oxygen atoms in total. The van der Waals surface area contributed by atoms with Gasteiger partial charge in [-0.1, -0.05) is 29.0 Å². The van der Waals surface area contributed by atoms with Gasteiger partial charge in [0, 0.05) is 32.7 Å². The molecule has 2 aliphatic heterocycles. The Balaban J connectivity index is 1.42. The molecule has 2 aliphatic rings. The van der Waals surface area contributed by atoms with Crippen LogP contribution in [0.4, 0.5) is 5.13 Å². The van der Waals surface area contributed by atoms with Crippen molar-refractivity contribution >= 4 is 42.6 Å². The molecule has 0 N–H and O–H groups in total. The molecule has 0 bridgehead atoms. The quantitative estimate of drug-likeness (QED) is 0.397. The van der Waals surface area contributed by atoms with Crippen molar-refractivity contribution in [2.24, 2.45) is 0 Å². The number of aromatic nitrogens is 1. The number of aryl methyl sites for hydroxylation is 1. The molecule has 1 aromatic heterocycles. The second kappa shape index (κ2) is 11.7. The van der Waals surface area contributed by atoms with Crippen LogP contribution in [-0.2, 0) is 19.6 Å². The topological polar surface area (TPSA) is 92.3 Å².